The lowest BCUT2D eigenvalue weighted by Gasteiger charge is -2.14. The standard InChI is InChI=1S/C26H25N3O7S/c30-23(20-14-15-22(28-20)26(32)33)16-27-25(31)17-10-12-19(13-11-17)37(34,35)29-21-8-4-5-9-24(21)36-18-6-2-1-3-7-18/h1-13,20,22,28-29H,14-16H2,(H,27,31)(H,32,33). The zero-order valence-corrected chi connectivity index (χ0v) is 20.4. The first-order valence-electron chi connectivity index (χ1n) is 11.5. The number of carboxylic acids is 1. The van der Waals surface area contributed by atoms with E-state index in [0.29, 0.717) is 24.3 Å². The van der Waals surface area contributed by atoms with Crippen LogP contribution >= 0.6 is 0 Å². The van der Waals surface area contributed by atoms with Gasteiger partial charge in [0.2, 0.25) is 0 Å². The number of nitrogens with one attached hydrogen (secondary N) is 3. The minimum Gasteiger partial charge on any atom is -0.480 e. The van der Waals surface area contributed by atoms with Crippen LogP contribution in [0.3, 0.4) is 0 Å². The molecule has 1 amide bonds. The molecule has 1 aliphatic rings. The van der Waals surface area contributed by atoms with Crippen molar-refractivity contribution in [2.75, 3.05) is 11.3 Å². The maximum absolute atomic E-state index is 13.0. The van der Waals surface area contributed by atoms with Gasteiger partial charge in [-0.2, -0.15) is 0 Å². The van der Waals surface area contributed by atoms with Gasteiger partial charge in [-0.15, -0.1) is 0 Å². The van der Waals surface area contributed by atoms with Crippen molar-refractivity contribution in [2.45, 2.75) is 29.8 Å². The topological polar surface area (TPSA) is 151 Å². The van der Waals surface area contributed by atoms with E-state index in [-0.39, 0.29) is 28.5 Å². The summed E-state index contributed by atoms with van der Waals surface area (Å²) in [6.45, 7) is -0.275. The maximum atomic E-state index is 13.0. The number of ketones is 1. The Hall–Kier alpha value is -4.22. The number of carbonyl (C=O) groups is 3. The van der Waals surface area contributed by atoms with E-state index in [1.807, 2.05) is 6.07 Å². The first-order chi connectivity index (χ1) is 17.7. The molecule has 2 atom stereocenters. The Morgan fingerprint density at radius 2 is 1.54 bits per heavy atom. The SMILES string of the molecule is O=C(NCC(=O)C1CCC(C(=O)O)N1)c1ccc(S(=O)(=O)Nc2ccccc2Oc2ccccc2)cc1. The van der Waals surface area contributed by atoms with Crippen molar-refractivity contribution in [1.82, 2.24) is 10.6 Å². The smallest absolute Gasteiger partial charge is 0.320 e. The molecule has 0 aliphatic carbocycles. The molecule has 0 radical (unpaired) electrons. The van der Waals surface area contributed by atoms with Crippen LogP contribution < -0.4 is 20.1 Å². The highest BCUT2D eigenvalue weighted by atomic mass is 32.2. The second kappa shape index (κ2) is 11.2. The Balaban J connectivity index is 1.37. The van der Waals surface area contributed by atoms with Crippen molar-refractivity contribution in [2.24, 2.45) is 0 Å². The van der Waals surface area contributed by atoms with Crippen LogP contribution in [-0.4, -0.2) is 49.8 Å². The van der Waals surface area contributed by atoms with Crippen LogP contribution in [0.25, 0.3) is 0 Å². The fourth-order valence-electron chi connectivity index (χ4n) is 3.83. The van der Waals surface area contributed by atoms with Crippen molar-refractivity contribution < 1.29 is 32.6 Å². The predicted octanol–water partition coefficient (Wildman–Crippen LogP) is 2.78. The summed E-state index contributed by atoms with van der Waals surface area (Å²) < 4.78 is 34.2. The Morgan fingerprint density at radius 1 is 0.892 bits per heavy atom. The number of ether oxygens (including phenoxy) is 1. The van der Waals surface area contributed by atoms with E-state index in [4.69, 9.17) is 9.84 Å². The zero-order valence-electron chi connectivity index (χ0n) is 19.6. The van der Waals surface area contributed by atoms with Gasteiger partial charge < -0.3 is 15.2 Å². The number of anilines is 1. The Bertz CT molecular complexity index is 1390. The number of sulfonamides is 1. The summed E-state index contributed by atoms with van der Waals surface area (Å²) in [6.07, 6.45) is 0.720. The number of hydrogen-bond donors (Lipinski definition) is 4. The van der Waals surface area contributed by atoms with E-state index in [0.717, 1.165) is 0 Å². The normalized spacial score (nSPS) is 17.1. The molecule has 1 heterocycles. The molecule has 10 nitrogen and oxygen atoms in total. The van der Waals surface area contributed by atoms with E-state index < -0.39 is 34.0 Å². The second-order valence-corrected chi connectivity index (χ2v) is 10.1. The summed E-state index contributed by atoms with van der Waals surface area (Å²) >= 11 is 0. The average Bonchev–Trinajstić information content (AvgIpc) is 3.40. The van der Waals surface area contributed by atoms with Gasteiger partial charge in [0.15, 0.2) is 11.5 Å². The van der Waals surface area contributed by atoms with Crippen LogP contribution in [0.1, 0.15) is 23.2 Å². The van der Waals surface area contributed by atoms with Gasteiger partial charge in [0.1, 0.15) is 11.8 Å². The van der Waals surface area contributed by atoms with Crippen LogP contribution in [0.2, 0.25) is 0 Å². The molecule has 4 rings (SSSR count). The van der Waals surface area contributed by atoms with Gasteiger partial charge in [0, 0.05) is 5.56 Å². The van der Waals surface area contributed by atoms with Crippen LogP contribution in [0.4, 0.5) is 5.69 Å². The largest absolute Gasteiger partial charge is 0.480 e. The van der Waals surface area contributed by atoms with Crippen molar-refractivity contribution in [3.05, 3.63) is 84.4 Å². The third kappa shape index (κ3) is 6.51. The Labute approximate surface area is 213 Å². The van der Waals surface area contributed by atoms with E-state index in [2.05, 4.69) is 15.4 Å². The number of carboxylic acid groups (broad SMARTS) is 1. The molecule has 1 fully saturated rings. The molecule has 4 N–H and O–H groups in total. The van der Waals surface area contributed by atoms with Crippen molar-refractivity contribution in [3.63, 3.8) is 0 Å². The first-order valence-corrected chi connectivity index (χ1v) is 13.0. The molecule has 0 spiro atoms. The van der Waals surface area contributed by atoms with Gasteiger partial charge in [-0.1, -0.05) is 30.3 Å². The molecular weight excluding hydrogens is 498 g/mol. The van der Waals surface area contributed by atoms with Gasteiger partial charge >= 0.3 is 5.97 Å². The predicted molar refractivity (Wildman–Crippen MR) is 135 cm³/mol. The van der Waals surface area contributed by atoms with Crippen molar-refractivity contribution >= 4 is 33.4 Å². The minimum absolute atomic E-state index is 0.0653. The Morgan fingerprint density at radius 3 is 2.22 bits per heavy atom. The quantitative estimate of drug-likeness (QED) is 0.317. The van der Waals surface area contributed by atoms with Gasteiger partial charge in [-0.3, -0.25) is 24.4 Å². The molecule has 0 saturated carbocycles. The molecule has 0 aromatic heterocycles. The number of aliphatic carboxylic acids is 1. The minimum atomic E-state index is -3.99. The highest BCUT2D eigenvalue weighted by molar-refractivity contribution is 7.92. The molecule has 37 heavy (non-hydrogen) atoms. The van der Waals surface area contributed by atoms with Crippen molar-refractivity contribution in [1.29, 1.82) is 0 Å². The van der Waals surface area contributed by atoms with E-state index in [9.17, 15) is 22.8 Å². The van der Waals surface area contributed by atoms with E-state index in [1.165, 1.54) is 24.3 Å². The average molecular weight is 524 g/mol. The summed E-state index contributed by atoms with van der Waals surface area (Å²) in [4.78, 5) is 35.7. The first kappa shape index (κ1) is 25.9. The monoisotopic (exact) mass is 523 g/mol. The van der Waals surface area contributed by atoms with E-state index in [1.54, 1.807) is 48.5 Å². The third-order valence-corrected chi connectivity index (χ3v) is 7.17. The molecular formula is C26H25N3O7S. The number of para-hydroxylation sites is 3. The van der Waals surface area contributed by atoms with Crippen LogP contribution in [0.15, 0.2) is 83.8 Å². The van der Waals surface area contributed by atoms with Gasteiger partial charge in [0.25, 0.3) is 15.9 Å². The number of Topliss-reactive ketones (excluding diaryl/α,β-unsaturated/α-hetero) is 1. The molecule has 3 aromatic carbocycles. The highest BCUT2D eigenvalue weighted by Gasteiger charge is 2.32. The number of rotatable bonds is 10. The molecule has 1 saturated heterocycles. The summed E-state index contributed by atoms with van der Waals surface area (Å²) in [5.41, 5.74) is 0.416. The maximum Gasteiger partial charge on any atom is 0.320 e. The summed E-state index contributed by atoms with van der Waals surface area (Å²) in [5, 5.41) is 14.2. The second-order valence-electron chi connectivity index (χ2n) is 8.38. The molecule has 1 aliphatic heterocycles. The summed E-state index contributed by atoms with van der Waals surface area (Å²) in [7, 11) is -3.99. The van der Waals surface area contributed by atoms with Crippen molar-refractivity contribution in [3.8, 4) is 11.5 Å². The number of amides is 1. The Kier molecular flexibility index (Phi) is 7.85. The summed E-state index contributed by atoms with van der Waals surface area (Å²) in [6, 6.07) is 19.4. The molecule has 3 aromatic rings. The van der Waals surface area contributed by atoms with Gasteiger partial charge in [0.05, 0.1) is 23.2 Å². The molecule has 11 heteroatoms. The van der Waals surface area contributed by atoms with Crippen LogP contribution in [0, 0.1) is 0 Å². The lowest BCUT2D eigenvalue weighted by molar-refractivity contribution is -0.139. The lowest BCUT2D eigenvalue weighted by atomic mass is 10.1. The fourth-order valence-corrected chi connectivity index (χ4v) is 4.90. The van der Waals surface area contributed by atoms with Gasteiger partial charge in [-0.05, 0) is 61.4 Å². The van der Waals surface area contributed by atoms with Gasteiger partial charge in [-0.25, -0.2) is 8.42 Å². The highest BCUT2D eigenvalue weighted by Crippen LogP contribution is 2.31. The molecule has 2 unspecified atom stereocenters. The number of carbonyl (C=O) groups excluding carboxylic acids is 2. The third-order valence-electron chi connectivity index (χ3n) is 5.79. The molecule has 192 valence electrons. The number of hydrogen-bond acceptors (Lipinski definition) is 7. The summed E-state index contributed by atoms with van der Waals surface area (Å²) in [5.74, 6) is -1.02. The number of benzene rings is 3. The fraction of sp³-hybridized carbons (Fsp3) is 0.192. The van der Waals surface area contributed by atoms with E-state index >= 15 is 0 Å². The lowest BCUT2D eigenvalue weighted by Crippen LogP contribution is -2.43. The zero-order chi connectivity index (χ0) is 26.4. The molecule has 0 bridgehead atoms. The van der Waals surface area contributed by atoms with Crippen LogP contribution in [0.5, 0.6) is 11.5 Å². The van der Waals surface area contributed by atoms with Crippen LogP contribution in [-0.2, 0) is 19.6 Å².